The van der Waals surface area contributed by atoms with Gasteiger partial charge in [-0.05, 0) is 83.3 Å². The van der Waals surface area contributed by atoms with Gasteiger partial charge in [0.15, 0.2) is 6.54 Å². The lowest BCUT2D eigenvalue weighted by atomic mass is 10.0. The lowest BCUT2D eigenvalue weighted by Gasteiger charge is -2.21. The van der Waals surface area contributed by atoms with Crippen LogP contribution in [0.4, 0.5) is 5.69 Å². The number of thioether (sulfide) groups is 1. The Bertz CT molecular complexity index is 2870. The van der Waals surface area contributed by atoms with Crippen LogP contribution in [0.1, 0.15) is 32.1 Å². The predicted molar refractivity (Wildman–Crippen MR) is 222 cm³/mol. The minimum Gasteiger partial charge on any atom is -0.398 e. The summed E-state index contributed by atoms with van der Waals surface area (Å²) in [6, 6.07) is 30.8. The highest BCUT2D eigenvalue weighted by Crippen LogP contribution is 2.47. The zero-order chi connectivity index (χ0) is 38.3. The molecule has 10 nitrogen and oxygen atoms in total. The fourth-order valence-corrected chi connectivity index (χ4v) is 10.2. The van der Waals surface area contributed by atoms with Gasteiger partial charge in [0.25, 0.3) is 25.8 Å². The van der Waals surface area contributed by atoms with E-state index in [0.29, 0.717) is 31.0 Å². The first-order valence-electron chi connectivity index (χ1n) is 17.9. The minimum absolute atomic E-state index is 0.179. The first-order chi connectivity index (χ1) is 26.4. The Morgan fingerprint density at radius 3 is 2.49 bits per heavy atom. The van der Waals surface area contributed by atoms with E-state index in [1.807, 2.05) is 60.2 Å². The molecule has 0 atom stereocenters. The molecule has 282 valence electrons. The van der Waals surface area contributed by atoms with E-state index in [4.69, 9.17) is 4.42 Å². The average molecular weight is 813 g/mol. The molecular formula is C41H38N3O7S4+. The number of nitrogens with zero attached hydrogens (tertiary/aromatic N) is 3. The molecule has 0 fully saturated rings. The number of hydrogen-bond donors (Lipinski definition) is 2. The molecule has 0 spiro atoms. The number of aromatic nitrogens is 2. The third kappa shape index (κ3) is 8.02. The number of thiophene rings is 1. The van der Waals surface area contributed by atoms with Crippen molar-refractivity contribution in [3.8, 4) is 16.8 Å². The summed E-state index contributed by atoms with van der Waals surface area (Å²) >= 11 is 3.27. The summed E-state index contributed by atoms with van der Waals surface area (Å²) in [5.41, 5.74) is 7.47. The standard InChI is InChI=1S/C41H37N3O7S4/c1-2-28(23-40-43(18-7-21-54(45,46)47)35-25-30(13-15-37(35)51-40)33-27-52-38-12-6-4-10-32(33)38)24-41-44(19-8-22-55(48,49)50)36-26-31(14-16-39(36)53-41)42-20-17-29-9-3-5-11-34(29)42/h3-6,9-17,20,23-27H,2,7-8,18-19,21-22H2,1H3,(H-,45,46,47,48,49,50)/p+1. The van der Waals surface area contributed by atoms with Crippen molar-refractivity contribution in [1.29, 1.82) is 0 Å². The number of para-hydroxylation sites is 1. The van der Waals surface area contributed by atoms with Crippen LogP contribution < -0.4 is 9.47 Å². The average Bonchev–Trinajstić information content (AvgIpc) is 3.93. The fraction of sp³-hybridized carbons (Fsp3) is 0.195. The Hall–Kier alpha value is -4.70. The van der Waals surface area contributed by atoms with E-state index in [0.717, 1.165) is 59.8 Å². The molecule has 0 unspecified atom stereocenters. The van der Waals surface area contributed by atoms with E-state index < -0.39 is 20.2 Å². The van der Waals surface area contributed by atoms with Gasteiger partial charge in [-0.25, -0.2) is 0 Å². The Kier molecular flexibility index (Phi) is 10.2. The maximum absolute atomic E-state index is 11.7. The van der Waals surface area contributed by atoms with Gasteiger partial charge in [-0.3, -0.25) is 9.11 Å². The van der Waals surface area contributed by atoms with Crippen molar-refractivity contribution >= 4 is 87.2 Å². The van der Waals surface area contributed by atoms with Crippen LogP contribution in [0.15, 0.2) is 129 Å². The SMILES string of the molecule is CCC(/C=C1\Sc2ccc(-n3ccc4ccccc43)cc2N1CCCS(=O)(=O)O)=C\c1oc2ccc(-c3csc4ccccc34)cc2[n+]1CCCS(=O)(=O)O. The Balaban J connectivity index is 1.18. The van der Waals surface area contributed by atoms with Crippen LogP contribution in [0.3, 0.4) is 0 Å². The highest BCUT2D eigenvalue weighted by molar-refractivity contribution is 8.03. The molecule has 4 aromatic carbocycles. The molecule has 0 aliphatic carbocycles. The lowest BCUT2D eigenvalue weighted by molar-refractivity contribution is -0.677. The van der Waals surface area contributed by atoms with Crippen molar-refractivity contribution in [3.05, 3.63) is 125 Å². The number of anilines is 1. The van der Waals surface area contributed by atoms with Crippen molar-refractivity contribution in [3.63, 3.8) is 0 Å². The minimum atomic E-state index is -4.16. The van der Waals surface area contributed by atoms with Gasteiger partial charge in [0.1, 0.15) is 0 Å². The number of aryl methyl sites for hydroxylation is 1. The quantitative estimate of drug-likeness (QED) is 0.0863. The van der Waals surface area contributed by atoms with Gasteiger partial charge in [-0.1, -0.05) is 61.2 Å². The summed E-state index contributed by atoms with van der Waals surface area (Å²) in [7, 11) is -8.31. The van der Waals surface area contributed by atoms with Crippen molar-refractivity contribution in [1.82, 2.24) is 4.57 Å². The van der Waals surface area contributed by atoms with Gasteiger partial charge in [0, 0.05) is 51.5 Å². The highest BCUT2D eigenvalue weighted by Gasteiger charge is 2.28. The number of benzene rings is 4. The van der Waals surface area contributed by atoms with Crippen LogP contribution in [0, 0.1) is 0 Å². The zero-order valence-corrected chi connectivity index (χ0v) is 33.1. The largest absolute Gasteiger partial charge is 0.398 e. The summed E-state index contributed by atoms with van der Waals surface area (Å²) in [6.07, 6.45) is 7.10. The molecule has 14 heteroatoms. The van der Waals surface area contributed by atoms with Crippen molar-refractivity contribution in [2.24, 2.45) is 0 Å². The van der Waals surface area contributed by atoms with Gasteiger partial charge < -0.3 is 13.9 Å². The monoisotopic (exact) mass is 812 g/mol. The van der Waals surface area contributed by atoms with E-state index in [1.54, 1.807) is 23.1 Å². The van der Waals surface area contributed by atoms with Gasteiger partial charge in [-0.15, -0.1) is 11.3 Å². The van der Waals surface area contributed by atoms with E-state index in [-0.39, 0.29) is 24.3 Å². The first kappa shape index (κ1) is 37.2. The third-order valence-corrected chi connectivity index (χ3v) is 13.4. The molecular weight excluding hydrogens is 775 g/mol. The van der Waals surface area contributed by atoms with Gasteiger partial charge in [0.05, 0.1) is 33.8 Å². The van der Waals surface area contributed by atoms with Crippen molar-refractivity contribution in [2.45, 2.75) is 37.6 Å². The number of oxazole rings is 1. The van der Waals surface area contributed by atoms with Crippen LogP contribution in [0.5, 0.6) is 0 Å². The number of hydrogen-bond acceptors (Lipinski definition) is 8. The van der Waals surface area contributed by atoms with E-state index >= 15 is 0 Å². The van der Waals surface area contributed by atoms with Gasteiger partial charge >= 0.3 is 5.89 Å². The first-order valence-corrected chi connectivity index (χ1v) is 22.8. The summed E-state index contributed by atoms with van der Waals surface area (Å²) in [5.74, 6) is -0.212. The maximum Gasteiger partial charge on any atom is 0.374 e. The van der Waals surface area contributed by atoms with Crippen LogP contribution in [0.2, 0.25) is 0 Å². The van der Waals surface area contributed by atoms with Crippen LogP contribution >= 0.6 is 23.1 Å². The molecule has 0 radical (unpaired) electrons. The topological polar surface area (TPSA) is 134 Å². The predicted octanol–water partition coefficient (Wildman–Crippen LogP) is 9.35. The van der Waals surface area contributed by atoms with E-state index in [9.17, 15) is 25.9 Å². The lowest BCUT2D eigenvalue weighted by Crippen LogP contribution is -2.36. The summed E-state index contributed by atoms with van der Waals surface area (Å²) in [4.78, 5) is 3.12. The molecule has 4 heterocycles. The van der Waals surface area contributed by atoms with Crippen molar-refractivity contribution in [2.75, 3.05) is 23.0 Å². The molecule has 1 aliphatic rings. The number of fused-ring (bicyclic) bond motifs is 4. The zero-order valence-electron chi connectivity index (χ0n) is 29.8. The van der Waals surface area contributed by atoms with E-state index in [2.05, 4.69) is 75.5 Å². The normalized spacial score (nSPS) is 14.6. The molecule has 0 amide bonds. The second-order valence-corrected chi connectivity index (χ2v) is 18.5. The molecule has 8 rings (SSSR count). The number of rotatable bonds is 13. The molecule has 1 aliphatic heterocycles. The maximum atomic E-state index is 11.7. The molecule has 7 aromatic rings. The fourth-order valence-electron chi connectivity index (χ4n) is 7.07. The summed E-state index contributed by atoms with van der Waals surface area (Å²) < 4.78 is 77.7. The number of allylic oxidation sites excluding steroid dienone is 2. The smallest absolute Gasteiger partial charge is 0.374 e. The summed E-state index contributed by atoms with van der Waals surface area (Å²) in [6.45, 7) is 2.69. The van der Waals surface area contributed by atoms with Crippen LogP contribution in [-0.4, -0.2) is 48.6 Å². The van der Waals surface area contributed by atoms with Gasteiger partial charge in [0.2, 0.25) is 5.58 Å². The molecule has 0 saturated heterocycles. The third-order valence-electron chi connectivity index (χ3n) is 9.71. The Labute approximate surface area is 327 Å². The second-order valence-electron chi connectivity index (χ2n) is 13.4. The van der Waals surface area contributed by atoms with Gasteiger partial charge in [-0.2, -0.15) is 21.4 Å². The molecule has 2 N–H and O–H groups in total. The summed E-state index contributed by atoms with van der Waals surface area (Å²) in [5, 5.41) is 5.31. The Morgan fingerprint density at radius 2 is 1.67 bits per heavy atom. The highest BCUT2D eigenvalue weighted by atomic mass is 32.2. The Morgan fingerprint density at radius 1 is 0.891 bits per heavy atom. The van der Waals surface area contributed by atoms with Crippen molar-refractivity contribution < 1.29 is 34.9 Å². The molecule has 3 aromatic heterocycles. The molecule has 55 heavy (non-hydrogen) atoms. The molecule has 0 bridgehead atoms. The van der Waals surface area contributed by atoms with Crippen LogP contribution in [0.25, 0.3) is 55.0 Å². The second kappa shape index (κ2) is 15.1. The van der Waals surface area contributed by atoms with Crippen LogP contribution in [-0.2, 0) is 26.8 Å². The van der Waals surface area contributed by atoms with E-state index in [1.165, 1.54) is 4.70 Å². The molecule has 0 saturated carbocycles.